The first-order chi connectivity index (χ1) is 11.5. The van der Waals surface area contributed by atoms with Gasteiger partial charge in [-0.3, -0.25) is 4.79 Å². The summed E-state index contributed by atoms with van der Waals surface area (Å²) in [6.07, 6.45) is 3.46. The number of nitrogens with one attached hydrogen (secondary N) is 1. The Morgan fingerprint density at radius 1 is 1.33 bits per heavy atom. The van der Waals surface area contributed by atoms with Gasteiger partial charge in [0.15, 0.2) is 0 Å². The molecule has 0 saturated heterocycles. The van der Waals surface area contributed by atoms with Gasteiger partial charge in [-0.25, -0.2) is 9.37 Å². The number of aryl methyl sites for hydroxylation is 3. The molecule has 6 heteroatoms. The van der Waals surface area contributed by atoms with Crippen molar-refractivity contribution in [2.75, 3.05) is 0 Å². The van der Waals surface area contributed by atoms with Gasteiger partial charge in [0.05, 0.1) is 4.88 Å². The van der Waals surface area contributed by atoms with Crippen LogP contribution in [0.1, 0.15) is 37.5 Å². The number of aromatic nitrogens is 2. The molecule has 0 spiro atoms. The number of imidazole rings is 1. The first-order valence-electron chi connectivity index (χ1n) is 7.56. The van der Waals surface area contributed by atoms with Gasteiger partial charge in [0.2, 0.25) is 0 Å². The van der Waals surface area contributed by atoms with Crippen molar-refractivity contribution >= 4 is 17.2 Å². The smallest absolute Gasteiger partial charge is 0.262 e. The van der Waals surface area contributed by atoms with E-state index in [1.165, 1.54) is 23.5 Å². The van der Waals surface area contributed by atoms with Gasteiger partial charge in [-0.1, -0.05) is 12.1 Å². The predicted octanol–water partition coefficient (Wildman–Crippen LogP) is 3.76. The number of halogens is 1. The van der Waals surface area contributed by atoms with Gasteiger partial charge in [-0.15, -0.1) is 11.3 Å². The average molecular weight is 343 g/mol. The third-order valence-corrected chi connectivity index (χ3v) is 5.12. The van der Waals surface area contributed by atoms with Crippen LogP contribution in [0.15, 0.2) is 42.7 Å². The Morgan fingerprint density at radius 2 is 2.12 bits per heavy atom. The maximum Gasteiger partial charge on any atom is 0.262 e. The lowest BCUT2D eigenvalue weighted by molar-refractivity contribution is 0.0945. The van der Waals surface area contributed by atoms with Crippen LogP contribution in [0.2, 0.25) is 0 Å². The van der Waals surface area contributed by atoms with Crippen LogP contribution >= 0.6 is 11.3 Å². The van der Waals surface area contributed by atoms with Gasteiger partial charge in [-0.05, 0) is 43.2 Å². The molecule has 4 nitrogen and oxygen atoms in total. The van der Waals surface area contributed by atoms with Crippen molar-refractivity contribution in [3.8, 4) is 0 Å². The SMILES string of the molecule is Cc1cc(C(=O)N[C@H](c2cccc(F)c2)c2nccn2C)sc1C. The van der Waals surface area contributed by atoms with Crippen molar-refractivity contribution in [1.29, 1.82) is 0 Å². The normalized spacial score (nSPS) is 12.2. The molecule has 0 aliphatic rings. The largest absolute Gasteiger partial charge is 0.337 e. The second-order valence-electron chi connectivity index (χ2n) is 5.71. The lowest BCUT2D eigenvalue weighted by Crippen LogP contribution is -2.30. The van der Waals surface area contributed by atoms with E-state index in [9.17, 15) is 9.18 Å². The number of hydrogen-bond donors (Lipinski definition) is 1. The second-order valence-corrected chi connectivity index (χ2v) is 6.96. The minimum absolute atomic E-state index is 0.187. The fraction of sp³-hybridized carbons (Fsp3) is 0.222. The van der Waals surface area contributed by atoms with E-state index < -0.39 is 6.04 Å². The molecule has 1 N–H and O–H groups in total. The molecule has 1 amide bonds. The summed E-state index contributed by atoms with van der Waals surface area (Å²) >= 11 is 1.45. The van der Waals surface area contributed by atoms with E-state index in [0.29, 0.717) is 16.3 Å². The number of benzene rings is 1. The topological polar surface area (TPSA) is 46.9 Å². The fourth-order valence-corrected chi connectivity index (χ4v) is 3.46. The zero-order chi connectivity index (χ0) is 17.3. The molecule has 2 aromatic heterocycles. The number of carbonyl (C=O) groups excluding carboxylic acids is 1. The Labute approximate surface area is 144 Å². The van der Waals surface area contributed by atoms with Crippen molar-refractivity contribution in [3.05, 3.63) is 75.2 Å². The molecule has 2 heterocycles. The van der Waals surface area contributed by atoms with Crippen LogP contribution in [0.3, 0.4) is 0 Å². The molecule has 0 saturated carbocycles. The van der Waals surface area contributed by atoms with Gasteiger partial charge >= 0.3 is 0 Å². The summed E-state index contributed by atoms with van der Waals surface area (Å²) in [5.41, 5.74) is 1.74. The van der Waals surface area contributed by atoms with Gasteiger partial charge in [0, 0.05) is 24.3 Å². The summed E-state index contributed by atoms with van der Waals surface area (Å²) in [5, 5.41) is 2.98. The lowest BCUT2D eigenvalue weighted by atomic mass is 10.1. The van der Waals surface area contributed by atoms with E-state index in [2.05, 4.69) is 10.3 Å². The summed E-state index contributed by atoms with van der Waals surface area (Å²) in [6, 6.07) is 7.57. The van der Waals surface area contributed by atoms with Gasteiger partial charge in [0.25, 0.3) is 5.91 Å². The Kier molecular flexibility index (Phi) is 4.49. The molecule has 1 atom stereocenters. The van der Waals surface area contributed by atoms with Crippen LogP contribution in [0.4, 0.5) is 4.39 Å². The van der Waals surface area contributed by atoms with Crippen molar-refractivity contribution in [3.63, 3.8) is 0 Å². The monoisotopic (exact) mass is 343 g/mol. The molecule has 0 bridgehead atoms. The maximum atomic E-state index is 13.6. The third kappa shape index (κ3) is 3.23. The summed E-state index contributed by atoms with van der Waals surface area (Å²) in [5.74, 6) is 0.121. The van der Waals surface area contributed by atoms with E-state index >= 15 is 0 Å². The molecule has 124 valence electrons. The summed E-state index contributed by atoms with van der Waals surface area (Å²) in [6.45, 7) is 3.96. The van der Waals surface area contributed by atoms with E-state index in [1.807, 2.05) is 31.5 Å². The van der Waals surface area contributed by atoms with E-state index in [4.69, 9.17) is 0 Å². The molecular formula is C18H18FN3OS. The number of amides is 1. The highest BCUT2D eigenvalue weighted by atomic mass is 32.1. The average Bonchev–Trinajstić information content (AvgIpc) is 3.11. The molecule has 1 aromatic carbocycles. The highest BCUT2D eigenvalue weighted by molar-refractivity contribution is 7.14. The van der Waals surface area contributed by atoms with E-state index in [1.54, 1.807) is 24.5 Å². The van der Waals surface area contributed by atoms with Gasteiger partial charge < -0.3 is 9.88 Å². The molecule has 0 aliphatic heterocycles. The molecule has 3 rings (SSSR count). The Morgan fingerprint density at radius 3 is 2.71 bits per heavy atom. The summed E-state index contributed by atoms with van der Waals surface area (Å²) < 4.78 is 15.5. The first kappa shape index (κ1) is 16.4. The van der Waals surface area contributed by atoms with Crippen LogP contribution < -0.4 is 5.32 Å². The number of hydrogen-bond acceptors (Lipinski definition) is 3. The quantitative estimate of drug-likeness (QED) is 0.784. The molecule has 0 radical (unpaired) electrons. The fourth-order valence-electron chi connectivity index (χ4n) is 2.53. The molecule has 0 unspecified atom stereocenters. The Hall–Kier alpha value is -2.47. The molecule has 0 fully saturated rings. The minimum atomic E-state index is -0.518. The Balaban J connectivity index is 1.96. The zero-order valence-electron chi connectivity index (χ0n) is 13.7. The first-order valence-corrected chi connectivity index (χ1v) is 8.38. The van der Waals surface area contributed by atoms with E-state index in [0.717, 1.165) is 10.4 Å². The van der Waals surface area contributed by atoms with E-state index in [-0.39, 0.29) is 11.7 Å². The van der Waals surface area contributed by atoms with Gasteiger partial charge in [-0.2, -0.15) is 0 Å². The van der Waals surface area contributed by atoms with Crippen molar-refractivity contribution in [1.82, 2.24) is 14.9 Å². The van der Waals surface area contributed by atoms with Crippen LogP contribution in [0.5, 0.6) is 0 Å². The molecule has 24 heavy (non-hydrogen) atoms. The molecule has 3 aromatic rings. The number of carbonyl (C=O) groups is 1. The number of nitrogens with zero attached hydrogens (tertiary/aromatic N) is 2. The third-order valence-electron chi connectivity index (χ3n) is 3.96. The van der Waals surface area contributed by atoms with Crippen LogP contribution in [-0.2, 0) is 7.05 Å². The standard InChI is InChI=1S/C18H18FN3OS/c1-11-9-15(24-12(11)2)18(23)21-16(17-20-7-8-22(17)3)13-5-4-6-14(19)10-13/h4-10,16H,1-3H3,(H,21,23)/t16-/m1/s1. The maximum absolute atomic E-state index is 13.6. The van der Waals surface area contributed by atoms with Crippen molar-refractivity contribution < 1.29 is 9.18 Å². The number of rotatable bonds is 4. The second kappa shape index (κ2) is 6.57. The minimum Gasteiger partial charge on any atom is -0.337 e. The predicted molar refractivity (Wildman–Crippen MR) is 92.7 cm³/mol. The summed E-state index contributed by atoms with van der Waals surface area (Å²) in [4.78, 5) is 18.7. The zero-order valence-corrected chi connectivity index (χ0v) is 14.5. The summed E-state index contributed by atoms with van der Waals surface area (Å²) in [7, 11) is 1.85. The highest BCUT2D eigenvalue weighted by Gasteiger charge is 2.22. The molecule has 0 aliphatic carbocycles. The van der Waals surface area contributed by atoms with Crippen LogP contribution in [0, 0.1) is 19.7 Å². The molecular weight excluding hydrogens is 325 g/mol. The Bertz CT molecular complexity index is 865. The lowest BCUT2D eigenvalue weighted by Gasteiger charge is -2.19. The van der Waals surface area contributed by atoms with Crippen LogP contribution in [0.25, 0.3) is 0 Å². The van der Waals surface area contributed by atoms with Crippen molar-refractivity contribution in [2.24, 2.45) is 7.05 Å². The highest BCUT2D eigenvalue weighted by Crippen LogP contribution is 2.24. The number of thiophene rings is 1. The van der Waals surface area contributed by atoms with Crippen molar-refractivity contribution in [2.45, 2.75) is 19.9 Å². The van der Waals surface area contributed by atoms with Crippen LogP contribution in [-0.4, -0.2) is 15.5 Å². The van der Waals surface area contributed by atoms with Gasteiger partial charge in [0.1, 0.15) is 17.7 Å².